The Morgan fingerprint density at radius 1 is 1.05 bits per heavy atom. The molecule has 0 aliphatic carbocycles. The molecule has 4 aliphatic heterocycles. The number of hydrogen-bond acceptors (Lipinski definition) is 7. The normalized spacial score (nSPS) is 25.5. The Kier molecular flexibility index (Phi) is 6.10. The highest BCUT2D eigenvalue weighted by Crippen LogP contribution is 2.54. The third kappa shape index (κ3) is 3.52. The predicted octanol–water partition coefficient (Wildman–Crippen LogP) is 3.36. The molecular formula is C29H30N2O7. The molecule has 1 spiro atoms. The van der Waals surface area contributed by atoms with Crippen molar-refractivity contribution < 1.29 is 33.7 Å². The molecule has 9 nitrogen and oxygen atoms in total. The van der Waals surface area contributed by atoms with Gasteiger partial charge in [-0.1, -0.05) is 31.5 Å². The molecule has 0 aromatic heterocycles. The maximum atomic E-state index is 14.5. The van der Waals surface area contributed by atoms with Gasteiger partial charge in [-0.25, -0.2) is 0 Å². The molecule has 2 aromatic carbocycles. The average molecular weight is 519 g/mol. The smallest absolute Gasteiger partial charge is 0.296 e. The lowest BCUT2D eigenvalue weighted by Crippen LogP contribution is -2.54. The van der Waals surface area contributed by atoms with Crippen LogP contribution in [0.3, 0.4) is 0 Å². The second-order valence-electron chi connectivity index (χ2n) is 10.00. The summed E-state index contributed by atoms with van der Waals surface area (Å²) in [4.78, 5) is 44.9. The van der Waals surface area contributed by atoms with Crippen molar-refractivity contribution in [3.63, 3.8) is 0 Å². The fraction of sp³-hybridized carbons (Fsp3) is 0.414. The Hall–Kier alpha value is -3.85. The molecule has 0 radical (unpaired) electrons. The van der Waals surface area contributed by atoms with Crippen molar-refractivity contribution in [2.75, 3.05) is 37.8 Å². The van der Waals surface area contributed by atoms with Crippen molar-refractivity contribution in [3.8, 4) is 11.5 Å². The first-order valence-electron chi connectivity index (χ1n) is 13.2. The van der Waals surface area contributed by atoms with Gasteiger partial charge in [-0.2, -0.15) is 0 Å². The summed E-state index contributed by atoms with van der Waals surface area (Å²) < 4.78 is 17.1. The zero-order valence-corrected chi connectivity index (χ0v) is 21.3. The van der Waals surface area contributed by atoms with Crippen molar-refractivity contribution in [2.24, 2.45) is 0 Å². The number of carbonyl (C=O) groups excluding carboxylic acids is 3. The van der Waals surface area contributed by atoms with Gasteiger partial charge in [0.15, 0.2) is 17.0 Å². The van der Waals surface area contributed by atoms with Crippen LogP contribution in [0.1, 0.15) is 43.7 Å². The highest BCUT2D eigenvalue weighted by Gasteiger charge is 2.67. The average Bonchev–Trinajstić information content (AvgIpc) is 3.60. The molecule has 2 atom stereocenters. The molecule has 2 fully saturated rings. The van der Waals surface area contributed by atoms with E-state index >= 15 is 0 Å². The number of anilines is 1. The van der Waals surface area contributed by atoms with Gasteiger partial charge in [0.2, 0.25) is 0 Å². The maximum absolute atomic E-state index is 14.5. The number of rotatable bonds is 6. The number of aliphatic hydroxyl groups is 1. The number of amides is 2. The number of ketones is 1. The molecule has 4 heterocycles. The van der Waals surface area contributed by atoms with Crippen molar-refractivity contribution >= 4 is 29.0 Å². The number of unbranched alkanes of at least 4 members (excludes halogenated alkanes) is 1. The van der Waals surface area contributed by atoms with Gasteiger partial charge in [0, 0.05) is 30.8 Å². The number of Topliss-reactive ketones (excluding diaryl/α,β-unsaturated/α-hetero) is 1. The van der Waals surface area contributed by atoms with E-state index in [1.54, 1.807) is 35.2 Å². The summed E-state index contributed by atoms with van der Waals surface area (Å²) in [5, 5.41) is 11.7. The second kappa shape index (κ2) is 9.47. The summed E-state index contributed by atoms with van der Waals surface area (Å²) in [5.41, 5.74) is -0.604. The summed E-state index contributed by atoms with van der Waals surface area (Å²) in [6.45, 7) is 3.86. The molecular weight excluding hydrogens is 488 g/mol. The molecule has 2 aromatic rings. The fourth-order valence-corrected chi connectivity index (χ4v) is 5.98. The lowest BCUT2D eigenvalue weighted by atomic mass is 9.81. The molecule has 4 aliphatic rings. The number of nitrogens with zero attached hydrogens (tertiary/aromatic N) is 2. The van der Waals surface area contributed by atoms with Gasteiger partial charge in [-0.3, -0.25) is 14.4 Å². The van der Waals surface area contributed by atoms with E-state index in [1.807, 2.05) is 19.1 Å². The molecule has 6 rings (SSSR count). The molecule has 1 N–H and O–H groups in total. The van der Waals surface area contributed by atoms with Gasteiger partial charge in [0.1, 0.15) is 19.0 Å². The number of para-hydroxylation sites is 1. The van der Waals surface area contributed by atoms with E-state index in [0.717, 1.165) is 25.7 Å². The van der Waals surface area contributed by atoms with Crippen LogP contribution in [0.2, 0.25) is 0 Å². The lowest BCUT2D eigenvalue weighted by molar-refractivity contribution is -0.145. The number of ether oxygens (including phenoxy) is 3. The van der Waals surface area contributed by atoms with E-state index in [-0.39, 0.29) is 23.8 Å². The highest BCUT2D eigenvalue weighted by atomic mass is 16.6. The van der Waals surface area contributed by atoms with Crippen LogP contribution in [-0.4, -0.2) is 66.6 Å². The summed E-state index contributed by atoms with van der Waals surface area (Å²) >= 11 is 0. The standard InChI is InChI=1S/C29H30N2O7/c1-2-3-12-30-21-9-5-4-8-20(21)29(28(30)35)24(26(33)27(34)31(29)17-19-7-6-13-36-19)25(32)18-10-11-22-23(16-18)38-15-14-37-22/h4-5,8-11,16,19,32H,2-3,6-7,12-15,17H2,1H3/b25-24-/t19-,29-/m0/s1. The second-order valence-corrected chi connectivity index (χ2v) is 10.00. The zero-order chi connectivity index (χ0) is 26.4. The van der Waals surface area contributed by atoms with Crippen LogP contribution in [0, 0.1) is 0 Å². The van der Waals surface area contributed by atoms with Crippen LogP contribution in [0.15, 0.2) is 48.0 Å². The third-order valence-corrected chi connectivity index (χ3v) is 7.77. The first-order chi connectivity index (χ1) is 18.5. The van der Waals surface area contributed by atoms with E-state index < -0.39 is 28.9 Å². The minimum absolute atomic E-state index is 0.0736. The number of aliphatic hydroxyl groups excluding tert-OH is 1. The van der Waals surface area contributed by atoms with Crippen molar-refractivity contribution in [3.05, 3.63) is 59.2 Å². The Labute approximate surface area is 220 Å². The van der Waals surface area contributed by atoms with E-state index in [2.05, 4.69) is 0 Å². The molecule has 2 saturated heterocycles. The zero-order valence-electron chi connectivity index (χ0n) is 21.3. The molecule has 38 heavy (non-hydrogen) atoms. The number of benzene rings is 2. The third-order valence-electron chi connectivity index (χ3n) is 7.77. The molecule has 0 bridgehead atoms. The largest absolute Gasteiger partial charge is 0.507 e. The van der Waals surface area contributed by atoms with Gasteiger partial charge in [0.25, 0.3) is 17.6 Å². The van der Waals surface area contributed by atoms with Gasteiger partial charge >= 0.3 is 0 Å². The van der Waals surface area contributed by atoms with Crippen molar-refractivity contribution in [2.45, 2.75) is 44.2 Å². The van der Waals surface area contributed by atoms with Gasteiger partial charge in [0.05, 0.1) is 17.4 Å². The number of hydrogen-bond donors (Lipinski definition) is 1. The fourth-order valence-electron chi connectivity index (χ4n) is 5.98. The van der Waals surface area contributed by atoms with Crippen molar-refractivity contribution in [1.29, 1.82) is 0 Å². The summed E-state index contributed by atoms with van der Waals surface area (Å²) in [6.07, 6.45) is 2.87. The summed E-state index contributed by atoms with van der Waals surface area (Å²) in [5.74, 6) is -1.60. The Morgan fingerprint density at radius 2 is 1.84 bits per heavy atom. The molecule has 2 amide bonds. The Balaban J connectivity index is 1.58. The van der Waals surface area contributed by atoms with Crippen LogP contribution in [-0.2, 0) is 24.7 Å². The van der Waals surface area contributed by atoms with Crippen LogP contribution in [0.25, 0.3) is 5.76 Å². The first kappa shape index (κ1) is 24.5. The Bertz CT molecular complexity index is 1350. The lowest BCUT2D eigenvalue weighted by Gasteiger charge is -2.35. The van der Waals surface area contributed by atoms with E-state index in [4.69, 9.17) is 14.2 Å². The summed E-state index contributed by atoms with van der Waals surface area (Å²) in [6, 6.07) is 12.0. The number of likely N-dealkylation sites (tertiary alicyclic amines) is 1. The minimum atomic E-state index is -1.79. The maximum Gasteiger partial charge on any atom is 0.296 e. The topological polar surface area (TPSA) is 106 Å². The molecule has 0 unspecified atom stereocenters. The van der Waals surface area contributed by atoms with Crippen LogP contribution >= 0.6 is 0 Å². The number of fused-ring (bicyclic) bond motifs is 3. The molecule has 198 valence electrons. The van der Waals surface area contributed by atoms with Crippen LogP contribution < -0.4 is 14.4 Å². The predicted molar refractivity (Wildman–Crippen MR) is 138 cm³/mol. The van der Waals surface area contributed by atoms with E-state index in [1.165, 1.54) is 4.90 Å². The Morgan fingerprint density at radius 3 is 2.61 bits per heavy atom. The minimum Gasteiger partial charge on any atom is -0.507 e. The van der Waals surface area contributed by atoms with Gasteiger partial charge in [-0.15, -0.1) is 0 Å². The van der Waals surface area contributed by atoms with Crippen LogP contribution in [0.4, 0.5) is 5.69 Å². The highest BCUT2D eigenvalue weighted by molar-refractivity contribution is 6.50. The molecule has 0 saturated carbocycles. The van der Waals surface area contributed by atoms with Gasteiger partial charge < -0.3 is 29.1 Å². The number of carbonyl (C=O) groups is 3. The van der Waals surface area contributed by atoms with E-state index in [0.29, 0.717) is 49.1 Å². The monoisotopic (exact) mass is 518 g/mol. The van der Waals surface area contributed by atoms with E-state index in [9.17, 15) is 19.5 Å². The molecule has 9 heteroatoms. The SMILES string of the molecule is CCCCN1C(=O)[C@@]2(/C(=C(\O)c3ccc4c(c3)OCCO4)C(=O)C(=O)N2C[C@@H]2CCCO2)c2ccccc21. The summed E-state index contributed by atoms with van der Waals surface area (Å²) in [7, 11) is 0. The van der Waals surface area contributed by atoms with Gasteiger partial charge in [-0.05, 0) is 43.5 Å². The quantitative estimate of drug-likeness (QED) is 0.355. The first-order valence-corrected chi connectivity index (χ1v) is 13.2. The van der Waals surface area contributed by atoms with Crippen molar-refractivity contribution in [1.82, 2.24) is 4.90 Å². The van der Waals surface area contributed by atoms with Crippen LogP contribution in [0.5, 0.6) is 11.5 Å².